The zero-order valence-corrected chi connectivity index (χ0v) is 18.5. The highest BCUT2D eigenvalue weighted by molar-refractivity contribution is 7.91. The molecule has 1 aliphatic heterocycles. The zero-order chi connectivity index (χ0) is 20.5. The van der Waals surface area contributed by atoms with Gasteiger partial charge in [-0.15, -0.1) is 11.3 Å². The highest BCUT2D eigenvalue weighted by Gasteiger charge is 2.33. The molecular weight excluding hydrogens is 392 g/mol. The third kappa shape index (κ3) is 4.31. The number of hydrogen-bond acceptors (Lipinski definition) is 4. The van der Waals surface area contributed by atoms with E-state index < -0.39 is 10.0 Å². The number of hydrogen-bond donors (Lipinski definition) is 1. The topological polar surface area (TPSA) is 66.5 Å². The summed E-state index contributed by atoms with van der Waals surface area (Å²) in [6, 6.07) is 7.60. The van der Waals surface area contributed by atoms with E-state index in [4.69, 9.17) is 0 Å². The standard InChI is InChI=1S/C21H28N2O3S2/c1-14-12-16(3)19(13-15(14)2)17(4)22-21(24)18-7-9-23(10-8-18)28(25,26)20-6-5-11-27-20/h5-6,11-13,17-18H,7-10H2,1-4H3,(H,22,24)/t17-/m0/s1. The van der Waals surface area contributed by atoms with E-state index in [1.807, 2.05) is 6.92 Å². The van der Waals surface area contributed by atoms with Crippen LogP contribution in [0.4, 0.5) is 0 Å². The Labute approximate surface area is 171 Å². The molecule has 0 saturated carbocycles. The molecule has 0 spiro atoms. The summed E-state index contributed by atoms with van der Waals surface area (Å²) in [6.07, 6.45) is 1.10. The molecule has 5 nitrogen and oxygen atoms in total. The number of sulfonamides is 1. The first kappa shape index (κ1) is 21.0. The third-order valence-corrected chi connectivity index (χ3v) is 8.89. The molecule has 7 heteroatoms. The lowest BCUT2D eigenvalue weighted by Crippen LogP contribution is -2.43. The molecule has 1 aromatic heterocycles. The lowest BCUT2D eigenvalue weighted by atomic mass is 9.94. The molecule has 28 heavy (non-hydrogen) atoms. The van der Waals surface area contributed by atoms with Gasteiger partial charge in [-0.3, -0.25) is 4.79 Å². The first-order chi connectivity index (χ1) is 13.2. The predicted octanol–water partition coefficient (Wildman–Crippen LogP) is 3.95. The molecule has 152 valence electrons. The number of carbonyl (C=O) groups is 1. The second kappa shape index (κ2) is 8.35. The van der Waals surface area contributed by atoms with E-state index in [0.717, 1.165) is 5.56 Å². The van der Waals surface area contributed by atoms with Gasteiger partial charge in [0, 0.05) is 19.0 Å². The van der Waals surface area contributed by atoms with Crippen molar-refractivity contribution in [3.63, 3.8) is 0 Å². The molecule has 0 radical (unpaired) electrons. The Morgan fingerprint density at radius 1 is 1.14 bits per heavy atom. The molecule has 1 aromatic carbocycles. The van der Waals surface area contributed by atoms with Gasteiger partial charge in [-0.2, -0.15) is 4.31 Å². The van der Waals surface area contributed by atoms with Crippen LogP contribution < -0.4 is 5.32 Å². The number of nitrogens with one attached hydrogen (secondary N) is 1. The number of benzene rings is 1. The summed E-state index contributed by atoms with van der Waals surface area (Å²) < 4.78 is 27.1. The van der Waals surface area contributed by atoms with E-state index in [1.54, 1.807) is 17.5 Å². The van der Waals surface area contributed by atoms with Crippen LogP contribution in [0, 0.1) is 26.7 Å². The van der Waals surface area contributed by atoms with Gasteiger partial charge in [0.25, 0.3) is 10.0 Å². The van der Waals surface area contributed by atoms with Crippen molar-refractivity contribution < 1.29 is 13.2 Å². The maximum absolute atomic E-state index is 12.8. The molecular formula is C21H28N2O3S2. The van der Waals surface area contributed by atoms with Crippen LogP contribution in [0.3, 0.4) is 0 Å². The van der Waals surface area contributed by atoms with Crippen LogP contribution in [0.2, 0.25) is 0 Å². The minimum absolute atomic E-state index is 0.0123. The number of nitrogens with zero attached hydrogens (tertiary/aromatic N) is 1. The fourth-order valence-electron chi connectivity index (χ4n) is 3.75. The monoisotopic (exact) mass is 420 g/mol. The van der Waals surface area contributed by atoms with E-state index in [0.29, 0.717) is 30.1 Å². The Hall–Kier alpha value is -1.70. The summed E-state index contributed by atoms with van der Waals surface area (Å²) in [5.74, 6) is -0.137. The van der Waals surface area contributed by atoms with Gasteiger partial charge >= 0.3 is 0 Å². The minimum Gasteiger partial charge on any atom is -0.349 e. The zero-order valence-electron chi connectivity index (χ0n) is 16.9. The Morgan fingerprint density at radius 2 is 1.79 bits per heavy atom. The highest BCUT2D eigenvalue weighted by atomic mass is 32.2. The second-order valence-corrected chi connectivity index (χ2v) is 10.7. The number of amides is 1. The van der Waals surface area contributed by atoms with Crippen molar-refractivity contribution in [3.05, 3.63) is 51.9 Å². The smallest absolute Gasteiger partial charge is 0.252 e. The summed E-state index contributed by atoms with van der Waals surface area (Å²) in [6.45, 7) is 9.01. The summed E-state index contributed by atoms with van der Waals surface area (Å²) in [5.41, 5.74) is 4.77. The van der Waals surface area contributed by atoms with Crippen molar-refractivity contribution in [1.29, 1.82) is 0 Å². The van der Waals surface area contributed by atoms with Crippen LogP contribution in [0.15, 0.2) is 33.9 Å². The van der Waals surface area contributed by atoms with Gasteiger partial charge in [0.1, 0.15) is 4.21 Å². The summed E-state index contributed by atoms with van der Waals surface area (Å²) >= 11 is 1.23. The second-order valence-electron chi connectivity index (χ2n) is 7.63. The molecule has 2 heterocycles. The molecule has 0 unspecified atom stereocenters. The Balaban J connectivity index is 1.61. The van der Waals surface area contributed by atoms with Crippen LogP contribution in [0.25, 0.3) is 0 Å². The van der Waals surface area contributed by atoms with E-state index >= 15 is 0 Å². The molecule has 1 aliphatic rings. The maximum Gasteiger partial charge on any atom is 0.252 e. The van der Waals surface area contributed by atoms with Crippen molar-refractivity contribution in [2.24, 2.45) is 5.92 Å². The average Bonchev–Trinajstić information content (AvgIpc) is 3.20. The molecule has 1 saturated heterocycles. The molecule has 0 aliphatic carbocycles. The van der Waals surface area contributed by atoms with Gasteiger partial charge in [0.05, 0.1) is 6.04 Å². The number of piperidine rings is 1. The van der Waals surface area contributed by atoms with Crippen LogP contribution in [0.1, 0.15) is 48.1 Å². The predicted molar refractivity (Wildman–Crippen MR) is 113 cm³/mol. The highest BCUT2D eigenvalue weighted by Crippen LogP contribution is 2.27. The minimum atomic E-state index is -3.43. The van der Waals surface area contributed by atoms with Crippen molar-refractivity contribution in [3.8, 4) is 0 Å². The normalized spacial score (nSPS) is 17.4. The Bertz CT molecular complexity index is 944. The van der Waals surface area contributed by atoms with Gasteiger partial charge in [0.15, 0.2) is 0 Å². The maximum atomic E-state index is 12.8. The molecule has 1 atom stereocenters. The summed E-state index contributed by atoms with van der Waals surface area (Å²) in [4.78, 5) is 12.8. The molecule has 3 rings (SSSR count). The lowest BCUT2D eigenvalue weighted by Gasteiger charge is -2.31. The van der Waals surface area contributed by atoms with Crippen LogP contribution in [-0.2, 0) is 14.8 Å². The van der Waals surface area contributed by atoms with E-state index in [9.17, 15) is 13.2 Å². The first-order valence-corrected chi connectivity index (χ1v) is 11.9. The first-order valence-electron chi connectivity index (χ1n) is 9.62. The lowest BCUT2D eigenvalue weighted by molar-refractivity contribution is -0.126. The Morgan fingerprint density at radius 3 is 2.39 bits per heavy atom. The van der Waals surface area contributed by atoms with Crippen molar-refractivity contribution >= 4 is 27.3 Å². The van der Waals surface area contributed by atoms with Crippen LogP contribution in [0.5, 0.6) is 0 Å². The number of aryl methyl sites for hydroxylation is 3. The van der Waals surface area contributed by atoms with Crippen molar-refractivity contribution in [2.45, 2.75) is 50.8 Å². The van der Waals surface area contributed by atoms with Gasteiger partial charge in [-0.05, 0) is 74.2 Å². The Kier molecular flexibility index (Phi) is 6.27. The van der Waals surface area contributed by atoms with Crippen molar-refractivity contribution in [1.82, 2.24) is 9.62 Å². The summed E-state index contributed by atoms with van der Waals surface area (Å²) in [7, 11) is -3.43. The fourth-order valence-corrected chi connectivity index (χ4v) is 6.37. The number of thiophene rings is 1. The largest absolute Gasteiger partial charge is 0.349 e. The molecule has 2 aromatic rings. The average molecular weight is 421 g/mol. The van der Waals surface area contributed by atoms with Gasteiger partial charge in [-0.1, -0.05) is 18.2 Å². The molecule has 0 bridgehead atoms. The van der Waals surface area contributed by atoms with E-state index in [2.05, 4.69) is 38.2 Å². The molecule has 1 amide bonds. The number of rotatable bonds is 5. The molecule has 1 N–H and O–H groups in total. The van der Waals surface area contributed by atoms with E-state index in [1.165, 1.54) is 32.3 Å². The molecule has 1 fully saturated rings. The van der Waals surface area contributed by atoms with Crippen LogP contribution in [-0.4, -0.2) is 31.7 Å². The van der Waals surface area contributed by atoms with Crippen LogP contribution >= 0.6 is 11.3 Å². The van der Waals surface area contributed by atoms with Gasteiger partial charge < -0.3 is 5.32 Å². The summed E-state index contributed by atoms with van der Waals surface area (Å²) in [5, 5.41) is 4.90. The third-order valence-electron chi connectivity index (χ3n) is 5.62. The van der Waals surface area contributed by atoms with E-state index in [-0.39, 0.29) is 17.9 Å². The quantitative estimate of drug-likeness (QED) is 0.796. The van der Waals surface area contributed by atoms with Crippen molar-refractivity contribution in [2.75, 3.05) is 13.1 Å². The van der Waals surface area contributed by atoms with Gasteiger partial charge in [-0.25, -0.2) is 8.42 Å². The fraction of sp³-hybridized carbons (Fsp3) is 0.476. The SMILES string of the molecule is Cc1cc(C)c([C@H](C)NC(=O)C2CCN(S(=O)(=O)c3cccs3)CC2)cc1C. The van der Waals surface area contributed by atoms with Gasteiger partial charge in [0.2, 0.25) is 5.91 Å². The number of carbonyl (C=O) groups excluding carboxylic acids is 1.